The first-order valence-corrected chi connectivity index (χ1v) is 7.53. The van der Waals surface area contributed by atoms with Gasteiger partial charge in [-0.25, -0.2) is 0 Å². The van der Waals surface area contributed by atoms with E-state index in [4.69, 9.17) is 8.83 Å². The number of halogens is 1. The molecule has 12 heavy (non-hydrogen) atoms. The third kappa shape index (κ3) is 1.57. The maximum absolute atomic E-state index is 5.28. The zero-order valence-corrected chi connectivity index (χ0v) is 9.16. The van der Waals surface area contributed by atoms with Crippen molar-refractivity contribution in [2.45, 2.75) is 0 Å². The van der Waals surface area contributed by atoms with Crippen LogP contribution in [0.15, 0.2) is 45.6 Å². The molecule has 0 aliphatic carbocycles. The highest BCUT2D eigenvalue weighted by Crippen LogP contribution is 2.42. The smallest absolute Gasteiger partial charge is 0.143 e. The van der Waals surface area contributed by atoms with E-state index in [2.05, 4.69) is 22.0 Å². The molecule has 0 aromatic carbocycles. The molecule has 2 aromatic rings. The van der Waals surface area contributed by atoms with Crippen LogP contribution in [0.1, 0.15) is 0 Å². The van der Waals surface area contributed by atoms with Crippen LogP contribution in [0.25, 0.3) is 0 Å². The van der Waals surface area contributed by atoms with Crippen LogP contribution in [0.5, 0.6) is 0 Å². The molecule has 0 atom stereocenters. The molecule has 2 heterocycles. The molecule has 0 bridgehead atoms. The highest BCUT2D eigenvalue weighted by molar-refractivity contribution is 14.2. The third-order valence-corrected chi connectivity index (χ3v) is 5.54. The Balaban J connectivity index is 2.27. The van der Waals surface area contributed by atoms with Gasteiger partial charge in [0.2, 0.25) is 0 Å². The Morgan fingerprint density at radius 3 is 1.83 bits per heavy atom. The fraction of sp³-hybridized carbons (Fsp3) is 0. The van der Waals surface area contributed by atoms with E-state index in [1.54, 1.807) is 12.5 Å². The Bertz CT molecular complexity index is 294. The van der Waals surface area contributed by atoms with Gasteiger partial charge >= 0.3 is 0 Å². The van der Waals surface area contributed by atoms with Gasteiger partial charge in [-0.15, -0.1) is 0 Å². The fourth-order valence-corrected chi connectivity index (χ4v) is 3.48. The van der Waals surface area contributed by atoms with Crippen LogP contribution in [-0.2, 0) is 0 Å². The van der Waals surface area contributed by atoms with Crippen molar-refractivity contribution in [3.63, 3.8) is 0 Å². The summed E-state index contributed by atoms with van der Waals surface area (Å²) in [5, 5.41) is 0. The summed E-state index contributed by atoms with van der Waals surface area (Å²) >= 11 is 2.34. The second kappa shape index (κ2) is 3.62. The number of hydrogen-bond acceptors (Lipinski definition) is 2. The standard InChI is InChI=1S/C8H6IO2P/c9-12(7-3-1-5-10-7)8-4-2-6-11-8/h1-6H. The molecule has 0 amide bonds. The summed E-state index contributed by atoms with van der Waals surface area (Å²) in [6.45, 7) is 0. The number of furan rings is 2. The zero-order valence-electron chi connectivity index (χ0n) is 6.11. The van der Waals surface area contributed by atoms with Crippen LogP contribution >= 0.6 is 27.6 Å². The summed E-state index contributed by atoms with van der Waals surface area (Å²) in [5.41, 5.74) is 1.51. The van der Waals surface area contributed by atoms with E-state index in [-0.39, 0.29) is 0 Å². The van der Waals surface area contributed by atoms with Crippen LogP contribution in [0.2, 0.25) is 0 Å². The van der Waals surface area contributed by atoms with Crippen molar-refractivity contribution in [3.8, 4) is 0 Å². The lowest BCUT2D eigenvalue weighted by molar-refractivity contribution is 0.594. The molecule has 0 radical (unpaired) electrons. The molecule has 0 N–H and O–H groups in total. The average Bonchev–Trinajstić information content (AvgIpc) is 2.77. The summed E-state index contributed by atoms with van der Waals surface area (Å²) in [4.78, 5) is 0. The van der Waals surface area contributed by atoms with Crippen LogP contribution < -0.4 is 11.0 Å². The van der Waals surface area contributed by atoms with Gasteiger partial charge in [-0.3, -0.25) is 0 Å². The Morgan fingerprint density at radius 2 is 1.50 bits per heavy atom. The molecule has 0 fully saturated rings. The Kier molecular flexibility index (Phi) is 2.51. The minimum absolute atomic E-state index is 0.460. The van der Waals surface area contributed by atoms with Crippen LogP contribution in [-0.4, -0.2) is 0 Å². The van der Waals surface area contributed by atoms with Gasteiger partial charge in [0.1, 0.15) is 11.0 Å². The summed E-state index contributed by atoms with van der Waals surface area (Å²) in [5.74, 6) is 0. The van der Waals surface area contributed by atoms with Crippen molar-refractivity contribution >= 4 is 38.6 Å². The molecule has 0 saturated heterocycles. The highest BCUT2D eigenvalue weighted by Gasteiger charge is 2.14. The van der Waals surface area contributed by atoms with Crippen molar-refractivity contribution < 1.29 is 8.83 Å². The van der Waals surface area contributed by atoms with Crippen molar-refractivity contribution in [3.05, 3.63) is 36.8 Å². The minimum atomic E-state index is -0.460. The fourth-order valence-electron chi connectivity index (χ4n) is 0.872. The average molecular weight is 292 g/mol. The van der Waals surface area contributed by atoms with Gasteiger partial charge < -0.3 is 8.83 Å². The minimum Gasteiger partial charge on any atom is -0.464 e. The lowest BCUT2D eigenvalue weighted by atomic mass is 10.7. The normalized spacial score (nSPS) is 10.8. The summed E-state index contributed by atoms with van der Waals surface area (Å²) < 4.78 is 10.6. The lowest BCUT2D eigenvalue weighted by Gasteiger charge is -2.00. The van der Waals surface area contributed by atoms with E-state index in [0.717, 1.165) is 11.0 Å². The van der Waals surface area contributed by atoms with Crippen molar-refractivity contribution in [2.75, 3.05) is 0 Å². The molecule has 0 unspecified atom stereocenters. The van der Waals surface area contributed by atoms with E-state index < -0.39 is 5.56 Å². The van der Waals surface area contributed by atoms with Crippen molar-refractivity contribution in [2.24, 2.45) is 0 Å². The largest absolute Gasteiger partial charge is 0.464 e. The lowest BCUT2D eigenvalue weighted by Crippen LogP contribution is -2.02. The van der Waals surface area contributed by atoms with E-state index in [1.165, 1.54) is 0 Å². The maximum atomic E-state index is 5.28. The predicted molar refractivity (Wildman–Crippen MR) is 57.6 cm³/mol. The van der Waals surface area contributed by atoms with Crippen LogP contribution in [0.3, 0.4) is 0 Å². The summed E-state index contributed by atoms with van der Waals surface area (Å²) in [6, 6.07) is 7.74. The quantitative estimate of drug-likeness (QED) is 0.628. The van der Waals surface area contributed by atoms with E-state index >= 15 is 0 Å². The van der Waals surface area contributed by atoms with Gasteiger partial charge in [0.25, 0.3) is 0 Å². The third-order valence-electron chi connectivity index (χ3n) is 1.40. The van der Waals surface area contributed by atoms with E-state index in [9.17, 15) is 0 Å². The molecule has 2 nitrogen and oxygen atoms in total. The first kappa shape index (κ1) is 8.32. The van der Waals surface area contributed by atoms with E-state index in [1.807, 2.05) is 24.3 Å². The molecule has 0 aliphatic heterocycles. The Labute approximate surface area is 84.2 Å². The monoisotopic (exact) mass is 292 g/mol. The Hall–Kier alpha value is -0.280. The van der Waals surface area contributed by atoms with Gasteiger partial charge in [-0.2, -0.15) is 0 Å². The van der Waals surface area contributed by atoms with Gasteiger partial charge in [-0.1, -0.05) is 0 Å². The van der Waals surface area contributed by atoms with Crippen molar-refractivity contribution in [1.29, 1.82) is 0 Å². The van der Waals surface area contributed by atoms with Gasteiger partial charge in [-0.05, 0) is 46.3 Å². The number of rotatable bonds is 2. The Morgan fingerprint density at radius 1 is 1.00 bits per heavy atom. The second-order valence-corrected chi connectivity index (χ2v) is 6.52. The van der Waals surface area contributed by atoms with E-state index in [0.29, 0.717) is 0 Å². The summed E-state index contributed by atoms with van der Waals surface area (Å²) in [7, 11) is 0. The molecule has 0 saturated carbocycles. The molecule has 0 spiro atoms. The molecule has 0 aliphatic rings. The highest BCUT2D eigenvalue weighted by atomic mass is 127. The molecule has 2 aromatic heterocycles. The molecule has 62 valence electrons. The zero-order chi connectivity index (χ0) is 8.39. The topological polar surface area (TPSA) is 26.3 Å². The molecule has 4 heteroatoms. The SMILES string of the molecule is IP(c1ccco1)c1ccco1. The second-order valence-electron chi connectivity index (χ2n) is 2.18. The summed E-state index contributed by atoms with van der Waals surface area (Å²) in [6.07, 6.45) is 3.37. The molecular formula is C8H6IO2P. The molecular weight excluding hydrogens is 286 g/mol. The van der Waals surface area contributed by atoms with Gasteiger partial charge in [0, 0.05) is 0 Å². The van der Waals surface area contributed by atoms with Crippen LogP contribution in [0, 0.1) is 0 Å². The first-order valence-electron chi connectivity index (χ1n) is 3.41. The van der Waals surface area contributed by atoms with Gasteiger partial charge in [0.05, 0.1) is 18.1 Å². The first-order chi connectivity index (χ1) is 5.88. The van der Waals surface area contributed by atoms with Crippen molar-refractivity contribution in [1.82, 2.24) is 0 Å². The number of hydrogen-bond donors (Lipinski definition) is 0. The predicted octanol–water partition coefficient (Wildman–Crippen LogP) is 2.66. The van der Waals surface area contributed by atoms with Crippen LogP contribution in [0.4, 0.5) is 0 Å². The molecule has 2 rings (SSSR count). The maximum Gasteiger partial charge on any atom is 0.143 e. The van der Waals surface area contributed by atoms with Gasteiger partial charge in [0.15, 0.2) is 0 Å².